The van der Waals surface area contributed by atoms with Crippen LogP contribution in [0.25, 0.3) is 0 Å². The van der Waals surface area contributed by atoms with Crippen molar-refractivity contribution in [3.8, 4) is 0 Å². The molecule has 0 aliphatic carbocycles. The van der Waals surface area contributed by atoms with Crippen molar-refractivity contribution >= 4 is 35.2 Å². The van der Waals surface area contributed by atoms with Gasteiger partial charge in [-0.1, -0.05) is 23.9 Å². The highest BCUT2D eigenvalue weighted by Gasteiger charge is 2.16. The summed E-state index contributed by atoms with van der Waals surface area (Å²) < 4.78 is 25.7. The molecule has 140 valence electrons. The van der Waals surface area contributed by atoms with Crippen LogP contribution < -0.4 is 4.90 Å². The summed E-state index contributed by atoms with van der Waals surface area (Å²) >= 11 is 0.571. The molecule has 0 aliphatic rings. The van der Waals surface area contributed by atoms with Gasteiger partial charge in [0.1, 0.15) is 0 Å². The Morgan fingerprint density at radius 1 is 1.08 bits per heavy atom. The van der Waals surface area contributed by atoms with Crippen LogP contribution in [0.4, 0.5) is 25.8 Å². The quantitative estimate of drug-likeness (QED) is 0.335. The number of thioether (sulfide) groups is 1. The maximum Gasteiger partial charge on any atom is 0.288 e. The van der Waals surface area contributed by atoms with Crippen LogP contribution >= 0.6 is 11.8 Å². The third-order valence-corrected chi connectivity index (χ3v) is 4.99. The SMILES string of the molecule is CCN(C)C=Nc1cc(C)c(N(C)c2ccccc2SC(F)F)cc1C. The Hall–Kier alpha value is -2.08. The normalized spacial score (nSPS) is 11.4. The molecule has 0 aliphatic heterocycles. The lowest BCUT2D eigenvalue weighted by molar-refractivity contribution is 0.252. The van der Waals surface area contributed by atoms with E-state index in [-0.39, 0.29) is 0 Å². The molecule has 0 fully saturated rings. The van der Waals surface area contributed by atoms with E-state index in [4.69, 9.17) is 0 Å². The van der Waals surface area contributed by atoms with Gasteiger partial charge in [-0.25, -0.2) is 4.99 Å². The maximum absolute atomic E-state index is 12.9. The van der Waals surface area contributed by atoms with E-state index in [1.807, 2.05) is 62.3 Å². The summed E-state index contributed by atoms with van der Waals surface area (Å²) in [5.41, 5.74) is 4.74. The second kappa shape index (κ2) is 9.03. The van der Waals surface area contributed by atoms with Gasteiger partial charge in [0.05, 0.1) is 17.7 Å². The number of anilines is 2. The highest BCUT2D eigenvalue weighted by Crippen LogP contribution is 2.38. The minimum Gasteiger partial charge on any atom is -0.366 e. The number of hydrogen-bond acceptors (Lipinski definition) is 3. The molecule has 2 aromatic carbocycles. The van der Waals surface area contributed by atoms with Gasteiger partial charge < -0.3 is 9.80 Å². The Morgan fingerprint density at radius 2 is 1.77 bits per heavy atom. The van der Waals surface area contributed by atoms with Crippen LogP contribution in [0.5, 0.6) is 0 Å². The smallest absolute Gasteiger partial charge is 0.288 e. The van der Waals surface area contributed by atoms with Gasteiger partial charge in [-0.05, 0) is 56.2 Å². The standard InChI is InChI=1S/C20H25F2N3S/c1-6-24(4)13-23-16-11-15(3)18(12-14(16)2)25(5)17-9-7-8-10-19(17)26-20(21)22/h7-13,20H,6H2,1-5H3. The monoisotopic (exact) mass is 377 g/mol. The summed E-state index contributed by atoms with van der Waals surface area (Å²) in [6.45, 7) is 6.98. The van der Waals surface area contributed by atoms with Crippen molar-refractivity contribution in [1.82, 2.24) is 4.90 Å². The van der Waals surface area contributed by atoms with Crippen LogP contribution in [0.3, 0.4) is 0 Å². The molecular weight excluding hydrogens is 352 g/mol. The molecule has 26 heavy (non-hydrogen) atoms. The number of hydrogen-bond donors (Lipinski definition) is 0. The van der Waals surface area contributed by atoms with E-state index in [9.17, 15) is 8.78 Å². The van der Waals surface area contributed by atoms with Crippen LogP contribution in [-0.4, -0.2) is 37.6 Å². The second-order valence-corrected chi connectivity index (χ2v) is 7.18. The van der Waals surface area contributed by atoms with Crippen molar-refractivity contribution in [3.05, 3.63) is 47.5 Å². The number of halogens is 2. The fourth-order valence-electron chi connectivity index (χ4n) is 2.59. The van der Waals surface area contributed by atoms with Crippen molar-refractivity contribution < 1.29 is 8.78 Å². The van der Waals surface area contributed by atoms with Crippen molar-refractivity contribution in [1.29, 1.82) is 0 Å². The third kappa shape index (κ3) is 4.97. The predicted octanol–water partition coefficient (Wildman–Crippen LogP) is 6.00. The zero-order chi connectivity index (χ0) is 19.3. The van der Waals surface area contributed by atoms with Gasteiger partial charge in [-0.2, -0.15) is 8.78 Å². The fraction of sp³-hybridized carbons (Fsp3) is 0.350. The number of nitrogens with zero attached hydrogens (tertiary/aromatic N) is 3. The Morgan fingerprint density at radius 3 is 2.42 bits per heavy atom. The maximum atomic E-state index is 12.9. The molecule has 2 rings (SSSR count). The molecule has 0 atom stereocenters. The predicted molar refractivity (Wildman–Crippen MR) is 109 cm³/mol. The molecule has 2 aromatic rings. The lowest BCUT2D eigenvalue weighted by Crippen LogP contribution is -2.14. The first-order valence-corrected chi connectivity index (χ1v) is 9.34. The molecule has 0 bridgehead atoms. The Labute approximate surface area is 158 Å². The van der Waals surface area contributed by atoms with Gasteiger partial charge in [0.15, 0.2) is 0 Å². The van der Waals surface area contributed by atoms with Crippen molar-refractivity contribution in [2.45, 2.75) is 31.4 Å². The molecule has 3 nitrogen and oxygen atoms in total. The molecule has 6 heteroatoms. The minimum absolute atomic E-state index is 0.564. The highest BCUT2D eigenvalue weighted by atomic mass is 32.2. The molecular formula is C20H25F2N3S. The van der Waals surface area contributed by atoms with Crippen LogP contribution in [0, 0.1) is 13.8 Å². The molecule has 0 spiro atoms. The highest BCUT2D eigenvalue weighted by molar-refractivity contribution is 7.99. The summed E-state index contributed by atoms with van der Waals surface area (Å²) in [4.78, 5) is 9.07. The van der Waals surface area contributed by atoms with E-state index < -0.39 is 5.76 Å². The number of aliphatic imine (C=N–C) groups is 1. The van der Waals surface area contributed by atoms with E-state index in [0.29, 0.717) is 16.7 Å². The van der Waals surface area contributed by atoms with E-state index >= 15 is 0 Å². The fourth-order valence-corrected chi connectivity index (χ4v) is 3.26. The van der Waals surface area contributed by atoms with Crippen molar-refractivity contribution in [3.63, 3.8) is 0 Å². The summed E-state index contributed by atoms with van der Waals surface area (Å²) in [7, 11) is 3.88. The van der Waals surface area contributed by atoms with Crippen LogP contribution in [-0.2, 0) is 0 Å². The molecule has 0 heterocycles. The molecule has 0 amide bonds. The summed E-state index contributed by atoms with van der Waals surface area (Å²) in [5, 5.41) is 0. The minimum atomic E-state index is -2.44. The van der Waals surface area contributed by atoms with Gasteiger partial charge >= 0.3 is 0 Å². The molecule has 0 radical (unpaired) electrons. The Kier molecular flexibility index (Phi) is 7.03. The zero-order valence-electron chi connectivity index (χ0n) is 15.8. The van der Waals surface area contributed by atoms with Crippen LogP contribution in [0.1, 0.15) is 18.1 Å². The average molecular weight is 378 g/mol. The summed E-state index contributed by atoms with van der Waals surface area (Å²) in [5.74, 6) is -2.44. The lowest BCUT2D eigenvalue weighted by Gasteiger charge is -2.25. The number of alkyl halides is 2. The van der Waals surface area contributed by atoms with Gasteiger partial charge in [0, 0.05) is 31.2 Å². The van der Waals surface area contributed by atoms with Crippen LogP contribution in [0.2, 0.25) is 0 Å². The molecule has 0 saturated heterocycles. The second-order valence-electron chi connectivity index (χ2n) is 6.15. The third-order valence-electron chi connectivity index (χ3n) is 4.21. The first-order chi connectivity index (χ1) is 12.3. The topological polar surface area (TPSA) is 18.8 Å². The number of para-hydroxylation sites is 1. The Bertz CT molecular complexity index is 778. The first-order valence-electron chi connectivity index (χ1n) is 8.46. The van der Waals surface area contributed by atoms with Gasteiger partial charge in [0.25, 0.3) is 5.76 Å². The molecule has 0 saturated carbocycles. The van der Waals surface area contributed by atoms with Crippen molar-refractivity contribution in [2.75, 3.05) is 25.5 Å². The molecule has 0 N–H and O–H groups in total. The van der Waals surface area contributed by atoms with Gasteiger partial charge in [0.2, 0.25) is 0 Å². The van der Waals surface area contributed by atoms with E-state index in [1.54, 1.807) is 12.1 Å². The number of aryl methyl sites for hydroxylation is 2. The average Bonchev–Trinajstić information content (AvgIpc) is 2.61. The van der Waals surface area contributed by atoms with Gasteiger partial charge in [-0.15, -0.1) is 0 Å². The lowest BCUT2D eigenvalue weighted by atomic mass is 10.1. The molecule has 0 unspecified atom stereocenters. The number of benzene rings is 2. The molecule has 0 aromatic heterocycles. The Balaban J connectivity index is 2.37. The first kappa shape index (κ1) is 20.2. The summed E-state index contributed by atoms with van der Waals surface area (Å²) in [6, 6.07) is 11.3. The van der Waals surface area contributed by atoms with Crippen LogP contribution in [0.15, 0.2) is 46.3 Å². The van der Waals surface area contributed by atoms with E-state index in [0.717, 1.165) is 34.7 Å². The number of rotatable bonds is 7. The van der Waals surface area contributed by atoms with E-state index in [2.05, 4.69) is 18.0 Å². The van der Waals surface area contributed by atoms with Crippen molar-refractivity contribution in [2.24, 2.45) is 4.99 Å². The van der Waals surface area contributed by atoms with E-state index in [1.165, 1.54) is 0 Å². The van der Waals surface area contributed by atoms with Gasteiger partial charge in [-0.3, -0.25) is 0 Å². The summed E-state index contributed by atoms with van der Waals surface area (Å²) in [6.07, 6.45) is 1.82. The largest absolute Gasteiger partial charge is 0.366 e. The zero-order valence-corrected chi connectivity index (χ0v) is 16.6.